The van der Waals surface area contributed by atoms with Gasteiger partial charge in [0.1, 0.15) is 22.9 Å². The molecule has 2 amide bonds. The molecule has 2 N–H and O–H groups in total. The molecule has 8 nitrogen and oxygen atoms in total. The predicted molar refractivity (Wildman–Crippen MR) is 114 cm³/mol. The first-order valence-electron chi connectivity index (χ1n) is 10.9. The minimum Gasteiger partial charge on any atom is -0.503 e. The molecule has 0 bridgehead atoms. The molecule has 3 aliphatic heterocycles. The molecular weight excluding hydrogens is 434 g/mol. The molecule has 2 atom stereocenters. The molecule has 1 aromatic carbocycles. The van der Waals surface area contributed by atoms with E-state index in [2.05, 4.69) is 10.2 Å². The van der Waals surface area contributed by atoms with Gasteiger partial charge in [0, 0.05) is 37.0 Å². The third kappa shape index (κ3) is 2.93. The molecule has 2 unspecified atom stereocenters. The Kier molecular flexibility index (Phi) is 4.82. The van der Waals surface area contributed by atoms with Crippen LogP contribution in [0.15, 0.2) is 23.0 Å². The van der Waals surface area contributed by atoms with E-state index in [1.165, 1.54) is 6.07 Å². The van der Waals surface area contributed by atoms with Crippen molar-refractivity contribution in [1.29, 1.82) is 0 Å². The Hall–Kier alpha value is -3.27. The Morgan fingerprint density at radius 2 is 2.03 bits per heavy atom. The van der Waals surface area contributed by atoms with Crippen molar-refractivity contribution in [2.75, 3.05) is 20.1 Å². The monoisotopic (exact) mass is 458 g/mol. The summed E-state index contributed by atoms with van der Waals surface area (Å²) in [7, 11) is 1.94. The van der Waals surface area contributed by atoms with Gasteiger partial charge in [-0.25, -0.2) is 8.78 Å². The number of rotatable bonds is 3. The van der Waals surface area contributed by atoms with Crippen LogP contribution in [0.25, 0.3) is 0 Å². The maximum atomic E-state index is 14.0. The Morgan fingerprint density at radius 1 is 1.27 bits per heavy atom. The van der Waals surface area contributed by atoms with Crippen LogP contribution < -0.4 is 10.7 Å². The summed E-state index contributed by atoms with van der Waals surface area (Å²) in [5, 5.41) is 13.2. The molecule has 0 saturated carbocycles. The zero-order valence-electron chi connectivity index (χ0n) is 18.3. The smallest absolute Gasteiger partial charge is 0.276 e. The minimum atomic E-state index is -0.920. The van der Waals surface area contributed by atoms with E-state index in [-0.39, 0.29) is 29.4 Å². The molecule has 0 aliphatic carbocycles. The number of halogens is 2. The van der Waals surface area contributed by atoms with Crippen molar-refractivity contribution in [3.63, 3.8) is 0 Å². The second-order valence-electron chi connectivity index (χ2n) is 9.02. The molecule has 1 fully saturated rings. The number of likely N-dealkylation sites (N-methyl/N-ethyl adjacent to an activating group) is 1. The fourth-order valence-electron chi connectivity index (χ4n) is 5.60. The highest BCUT2D eigenvalue weighted by Gasteiger charge is 2.56. The van der Waals surface area contributed by atoms with Crippen LogP contribution in [0.2, 0.25) is 0 Å². The van der Waals surface area contributed by atoms with Crippen LogP contribution in [0.1, 0.15) is 57.9 Å². The van der Waals surface area contributed by atoms with Gasteiger partial charge in [0.05, 0.1) is 6.04 Å². The third-order valence-electron chi connectivity index (χ3n) is 7.41. The summed E-state index contributed by atoms with van der Waals surface area (Å²) in [4.78, 5) is 43.2. The van der Waals surface area contributed by atoms with Crippen molar-refractivity contribution in [2.24, 2.45) is 0 Å². The molecule has 5 rings (SSSR count). The molecule has 0 radical (unpaired) electrons. The Morgan fingerprint density at radius 3 is 2.76 bits per heavy atom. The van der Waals surface area contributed by atoms with E-state index in [1.54, 1.807) is 9.47 Å². The van der Waals surface area contributed by atoms with Crippen LogP contribution in [-0.2, 0) is 13.0 Å². The summed E-state index contributed by atoms with van der Waals surface area (Å²) >= 11 is 0. The lowest BCUT2D eigenvalue weighted by molar-refractivity contribution is -0.0858. The number of hydrogen-bond donors (Lipinski definition) is 2. The number of nitrogens with one attached hydrogen (secondary N) is 1. The molecule has 1 saturated heterocycles. The predicted octanol–water partition coefficient (Wildman–Crippen LogP) is 1.76. The minimum absolute atomic E-state index is 0.0588. The maximum absolute atomic E-state index is 14.0. The molecule has 1 aromatic heterocycles. The van der Waals surface area contributed by atoms with Gasteiger partial charge in [-0.3, -0.25) is 19.3 Å². The van der Waals surface area contributed by atoms with E-state index in [9.17, 15) is 28.3 Å². The van der Waals surface area contributed by atoms with E-state index in [4.69, 9.17) is 0 Å². The molecule has 33 heavy (non-hydrogen) atoms. The van der Waals surface area contributed by atoms with Gasteiger partial charge < -0.3 is 19.9 Å². The van der Waals surface area contributed by atoms with Crippen LogP contribution in [-0.4, -0.2) is 57.1 Å². The Balaban J connectivity index is 1.57. The van der Waals surface area contributed by atoms with Crippen molar-refractivity contribution in [1.82, 2.24) is 19.7 Å². The molecule has 0 spiro atoms. The highest BCUT2D eigenvalue weighted by molar-refractivity contribution is 6.00. The average Bonchev–Trinajstić information content (AvgIpc) is 3.20. The van der Waals surface area contributed by atoms with Gasteiger partial charge in [-0.05, 0) is 39.3 Å². The first-order valence-corrected chi connectivity index (χ1v) is 10.9. The van der Waals surface area contributed by atoms with Crippen molar-refractivity contribution in [2.45, 2.75) is 44.4 Å². The summed E-state index contributed by atoms with van der Waals surface area (Å²) in [5.41, 5.74) is -1.45. The zero-order chi connectivity index (χ0) is 23.7. The maximum Gasteiger partial charge on any atom is 0.276 e. The van der Waals surface area contributed by atoms with E-state index in [1.807, 2.05) is 14.0 Å². The highest BCUT2D eigenvalue weighted by Crippen LogP contribution is 2.48. The summed E-state index contributed by atoms with van der Waals surface area (Å²) in [5.74, 6) is -3.51. The fourth-order valence-corrected chi connectivity index (χ4v) is 5.60. The van der Waals surface area contributed by atoms with Gasteiger partial charge in [0.2, 0.25) is 5.43 Å². The van der Waals surface area contributed by atoms with Crippen molar-refractivity contribution in [3.05, 3.63) is 62.6 Å². The number of aromatic hydroxyl groups is 1. The number of carbonyl (C=O) groups is 2. The number of pyridine rings is 1. The van der Waals surface area contributed by atoms with Crippen LogP contribution in [0.4, 0.5) is 8.78 Å². The average molecular weight is 458 g/mol. The number of nitrogens with zero attached hydrogens (tertiary/aromatic N) is 3. The number of fused-ring (bicyclic) bond motifs is 2. The Labute approximate surface area is 188 Å². The van der Waals surface area contributed by atoms with Crippen LogP contribution >= 0.6 is 0 Å². The lowest BCUT2D eigenvalue weighted by atomic mass is 9.90. The van der Waals surface area contributed by atoms with Gasteiger partial charge in [0.25, 0.3) is 11.8 Å². The normalized spacial score (nSPS) is 23.9. The van der Waals surface area contributed by atoms with Gasteiger partial charge in [0.15, 0.2) is 11.4 Å². The van der Waals surface area contributed by atoms with Crippen molar-refractivity contribution >= 4 is 11.8 Å². The summed E-state index contributed by atoms with van der Waals surface area (Å²) in [6.45, 7) is 3.02. The van der Waals surface area contributed by atoms with E-state index in [0.29, 0.717) is 31.1 Å². The number of carbonyl (C=O) groups excluding carboxylic acids is 2. The second kappa shape index (κ2) is 7.38. The van der Waals surface area contributed by atoms with Crippen molar-refractivity contribution < 1.29 is 23.5 Å². The van der Waals surface area contributed by atoms with E-state index in [0.717, 1.165) is 19.0 Å². The lowest BCUT2D eigenvalue weighted by Gasteiger charge is -2.57. The van der Waals surface area contributed by atoms with E-state index >= 15 is 0 Å². The standard InChI is InChI=1S/C23H24F2N4O4/c1-23-16-7-6-15-17(21(32)26-11-12-4-5-13(24)10-14(12)25)19(30)20(31)18(29(15)16)22(33)28(23)9-3-8-27(23)2/h4-5,10,16,31H,3,6-9,11H2,1-2H3,(H,26,32). The van der Waals surface area contributed by atoms with Gasteiger partial charge in [-0.1, -0.05) is 6.07 Å². The van der Waals surface area contributed by atoms with Crippen molar-refractivity contribution in [3.8, 4) is 5.75 Å². The van der Waals surface area contributed by atoms with Crippen LogP contribution in [0.3, 0.4) is 0 Å². The molecule has 3 aliphatic rings. The summed E-state index contributed by atoms with van der Waals surface area (Å²) in [6, 6.07) is 2.76. The van der Waals surface area contributed by atoms with Gasteiger partial charge in [-0.15, -0.1) is 0 Å². The van der Waals surface area contributed by atoms with Gasteiger partial charge in [-0.2, -0.15) is 0 Å². The number of aromatic nitrogens is 1. The second-order valence-corrected chi connectivity index (χ2v) is 9.02. The molecule has 4 heterocycles. The zero-order valence-corrected chi connectivity index (χ0v) is 18.3. The topological polar surface area (TPSA) is 94.9 Å². The summed E-state index contributed by atoms with van der Waals surface area (Å²) < 4.78 is 28.8. The molecule has 10 heteroatoms. The fraction of sp³-hybridized carbons (Fsp3) is 0.435. The summed E-state index contributed by atoms with van der Waals surface area (Å²) in [6.07, 6.45) is 1.75. The number of hydrogen-bond acceptors (Lipinski definition) is 5. The number of benzene rings is 1. The van der Waals surface area contributed by atoms with Crippen LogP contribution in [0, 0.1) is 11.6 Å². The first kappa shape index (κ1) is 21.6. The largest absolute Gasteiger partial charge is 0.503 e. The third-order valence-corrected chi connectivity index (χ3v) is 7.41. The molecular formula is C23H24F2N4O4. The first-order chi connectivity index (χ1) is 15.7. The molecule has 174 valence electrons. The van der Waals surface area contributed by atoms with Crippen LogP contribution in [0.5, 0.6) is 5.75 Å². The highest BCUT2D eigenvalue weighted by atomic mass is 19.1. The molecule has 2 aromatic rings. The van der Waals surface area contributed by atoms with E-state index < -0.39 is 40.3 Å². The Bertz CT molecular complexity index is 1260. The van der Waals surface area contributed by atoms with Gasteiger partial charge >= 0.3 is 0 Å². The lowest BCUT2D eigenvalue weighted by Crippen LogP contribution is -2.69. The SMILES string of the molecule is CN1CCCN2C(=O)c3c(O)c(=O)c(C(=O)NCc4ccc(F)cc4F)c4n3C(CC4)C12C. The quantitative estimate of drug-likeness (QED) is 0.731. The number of amides is 2.